The minimum atomic E-state index is -0.569. The molecule has 1 aromatic heterocycles. The maximum absolute atomic E-state index is 11.3. The van der Waals surface area contributed by atoms with Gasteiger partial charge in [-0.3, -0.25) is 10.1 Å². The van der Waals surface area contributed by atoms with Crippen LogP contribution < -0.4 is 4.90 Å². The van der Waals surface area contributed by atoms with Crippen molar-refractivity contribution in [2.24, 2.45) is 0 Å². The van der Waals surface area contributed by atoms with Gasteiger partial charge in [0.15, 0.2) is 0 Å². The Morgan fingerprint density at radius 1 is 1.55 bits per heavy atom. The Kier molecular flexibility index (Phi) is 4.48. The van der Waals surface area contributed by atoms with Crippen molar-refractivity contribution >= 4 is 11.5 Å². The first-order valence-electron chi connectivity index (χ1n) is 6.60. The van der Waals surface area contributed by atoms with Gasteiger partial charge in [-0.1, -0.05) is 12.8 Å². The standard InChI is InChI=1S/C13H16N4O3/c14-9-10-5-6-15-13(12(10)17(19)20)16(7-8-18)11-3-1-2-4-11/h5-6,11,18H,1-4,7-8H2. The van der Waals surface area contributed by atoms with Gasteiger partial charge in [-0.2, -0.15) is 5.26 Å². The third-order valence-electron chi connectivity index (χ3n) is 3.59. The molecular weight excluding hydrogens is 260 g/mol. The summed E-state index contributed by atoms with van der Waals surface area (Å²) in [6, 6.07) is 3.32. The molecule has 20 heavy (non-hydrogen) atoms. The van der Waals surface area contributed by atoms with E-state index in [9.17, 15) is 15.2 Å². The number of aliphatic hydroxyl groups is 1. The summed E-state index contributed by atoms with van der Waals surface area (Å²) < 4.78 is 0. The van der Waals surface area contributed by atoms with E-state index in [0.717, 1.165) is 25.7 Å². The molecule has 1 saturated carbocycles. The zero-order chi connectivity index (χ0) is 14.5. The van der Waals surface area contributed by atoms with E-state index >= 15 is 0 Å². The molecule has 0 aromatic carbocycles. The Morgan fingerprint density at radius 2 is 2.25 bits per heavy atom. The van der Waals surface area contributed by atoms with Crippen LogP contribution in [0.3, 0.4) is 0 Å². The second-order valence-electron chi connectivity index (χ2n) is 4.75. The fraction of sp³-hybridized carbons (Fsp3) is 0.538. The second-order valence-corrected chi connectivity index (χ2v) is 4.75. The van der Waals surface area contributed by atoms with Crippen molar-refractivity contribution in [2.75, 3.05) is 18.1 Å². The summed E-state index contributed by atoms with van der Waals surface area (Å²) in [7, 11) is 0. The van der Waals surface area contributed by atoms with E-state index in [1.54, 1.807) is 4.90 Å². The average molecular weight is 276 g/mol. The molecule has 1 N–H and O–H groups in total. The molecule has 1 aliphatic carbocycles. The summed E-state index contributed by atoms with van der Waals surface area (Å²) in [5, 5.41) is 29.5. The van der Waals surface area contributed by atoms with E-state index in [4.69, 9.17) is 5.26 Å². The smallest absolute Gasteiger partial charge is 0.329 e. The van der Waals surface area contributed by atoms with Gasteiger partial charge in [0.25, 0.3) is 0 Å². The van der Waals surface area contributed by atoms with Crippen molar-refractivity contribution < 1.29 is 10.0 Å². The van der Waals surface area contributed by atoms with Crippen LogP contribution in [0.2, 0.25) is 0 Å². The molecule has 1 aliphatic rings. The van der Waals surface area contributed by atoms with Crippen LogP contribution in [0.1, 0.15) is 31.2 Å². The van der Waals surface area contributed by atoms with Crippen molar-refractivity contribution in [3.05, 3.63) is 27.9 Å². The lowest BCUT2D eigenvalue weighted by molar-refractivity contribution is -0.384. The molecule has 7 heteroatoms. The average Bonchev–Trinajstić information content (AvgIpc) is 2.97. The van der Waals surface area contributed by atoms with Gasteiger partial charge in [0.1, 0.15) is 11.6 Å². The van der Waals surface area contributed by atoms with Crippen molar-refractivity contribution in [2.45, 2.75) is 31.7 Å². The number of anilines is 1. The summed E-state index contributed by atoms with van der Waals surface area (Å²) in [6.07, 6.45) is 5.39. The molecule has 0 bridgehead atoms. The minimum Gasteiger partial charge on any atom is -0.395 e. The van der Waals surface area contributed by atoms with Crippen LogP contribution >= 0.6 is 0 Å². The highest BCUT2D eigenvalue weighted by Crippen LogP contribution is 2.34. The Bertz CT molecular complexity index is 535. The van der Waals surface area contributed by atoms with Crippen LogP contribution in [-0.2, 0) is 0 Å². The van der Waals surface area contributed by atoms with E-state index in [0.29, 0.717) is 0 Å². The van der Waals surface area contributed by atoms with Crippen LogP contribution in [0.4, 0.5) is 11.5 Å². The lowest BCUT2D eigenvalue weighted by Crippen LogP contribution is -2.36. The molecule has 0 radical (unpaired) electrons. The predicted molar refractivity (Wildman–Crippen MR) is 72.3 cm³/mol. The number of nitrogens with zero attached hydrogens (tertiary/aromatic N) is 4. The summed E-state index contributed by atoms with van der Waals surface area (Å²) >= 11 is 0. The van der Waals surface area contributed by atoms with Gasteiger partial charge < -0.3 is 10.0 Å². The number of aliphatic hydroxyl groups excluding tert-OH is 1. The number of aromatic nitrogens is 1. The molecule has 1 aromatic rings. The highest BCUT2D eigenvalue weighted by Gasteiger charge is 2.31. The topological polar surface area (TPSA) is 103 Å². The number of nitro groups is 1. The van der Waals surface area contributed by atoms with Gasteiger partial charge in [0.05, 0.1) is 11.5 Å². The fourth-order valence-corrected chi connectivity index (χ4v) is 2.71. The molecule has 0 saturated heterocycles. The Hall–Kier alpha value is -2.20. The molecule has 1 heterocycles. The number of rotatable bonds is 5. The summed E-state index contributed by atoms with van der Waals surface area (Å²) in [6.45, 7) is 0.180. The molecule has 7 nitrogen and oxygen atoms in total. The zero-order valence-corrected chi connectivity index (χ0v) is 11.0. The summed E-state index contributed by atoms with van der Waals surface area (Å²) in [4.78, 5) is 16.5. The van der Waals surface area contributed by atoms with Crippen molar-refractivity contribution in [3.8, 4) is 6.07 Å². The first kappa shape index (κ1) is 14.2. The molecule has 0 atom stereocenters. The van der Waals surface area contributed by atoms with Gasteiger partial charge >= 0.3 is 5.69 Å². The predicted octanol–water partition coefficient (Wildman–Crippen LogP) is 1.60. The van der Waals surface area contributed by atoms with Crippen LogP contribution in [0.25, 0.3) is 0 Å². The highest BCUT2D eigenvalue weighted by molar-refractivity contribution is 5.65. The quantitative estimate of drug-likeness (QED) is 0.647. The fourth-order valence-electron chi connectivity index (χ4n) is 2.71. The van der Waals surface area contributed by atoms with Gasteiger partial charge in [-0.05, 0) is 18.9 Å². The first-order valence-corrected chi connectivity index (χ1v) is 6.60. The van der Waals surface area contributed by atoms with Gasteiger partial charge in [-0.25, -0.2) is 4.98 Å². The Labute approximate surface area is 116 Å². The van der Waals surface area contributed by atoms with Crippen molar-refractivity contribution in [1.29, 1.82) is 5.26 Å². The number of nitriles is 1. The number of hydrogen-bond donors (Lipinski definition) is 1. The number of hydrogen-bond acceptors (Lipinski definition) is 6. The van der Waals surface area contributed by atoms with Gasteiger partial charge in [-0.15, -0.1) is 0 Å². The Morgan fingerprint density at radius 3 is 2.80 bits per heavy atom. The van der Waals surface area contributed by atoms with E-state index in [1.165, 1.54) is 12.3 Å². The lowest BCUT2D eigenvalue weighted by Gasteiger charge is -2.29. The molecule has 0 aliphatic heterocycles. The van der Waals surface area contributed by atoms with E-state index in [2.05, 4.69) is 4.98 Å². The molecule has 106 valence electrons. The van der Waals surface area contributed by atoms with Gasteiger partial charge in [0.2, 0.25) is 5.82 Å². The maximum Gasteiger partial charge on any atom is 0.329 e. The van der Waals surface area contributed by atoms with Crippen LogP contribution in [0.5, 0.6) is 0 Å². The molecular formula is C13H16N4O3. The number of pyridine rings is 1. The SMILES string of the molecule is N#Cc1ccnc(N(CCO)C2CCCC2)c1[N+](=O)[O-]. The first-order chi connectivity index (χ1) is 9.69. The summed E-state index contributed by atoms with van der Waals surface area (Å²) in [5.41, 5.74) is -0.267. The highest BCUT2D eigenvalue weighted by atomic mass is 16.6. The van der Waals surface area contributed by atoms with Crippen LogP contribution in [0.15, 0.2) is 12.3 Å². The second kappa shape index (κ2) is 6.30. The molecule has 0 spiro atoms. The normalized spacial score (nSPS) is 15.0. The maximum atomic E-state index is 11.3. The molecule has 0 unspecified atom stereocenters. The molecule has 1 fully saturated rings. The lowest BCUT2D eigenvalue weighted by atomic mass is 10.1. The van der Waals surface area contributed by atoms with Crippen LogP contribution in [-0.4, -0.2) is 34.2 Å². The van der Waals surface area contributed by atoms with Gasteiger partial charge in [0, 0.05) is 18.8 Å². The molecule has 0 amide bonds. The largest absolute Gasteiger partial charge is 0.395 e. The zero-order valence-electron chi connectivity index (χ0n) is 11.0. The van der Waals surface area contributed by atoms with E-state index in [1.807, 2.05) is 6.07 Å². The van der Waals surface area contributed by atoms with Crippen LogP contribution in [0, 0.1) is 21.4 Å². The third kappa shape index (κ3) is 2.70. The van der Waals surface area contributed by atoms with Crippen molar-refractivity contribution in [3.63, 3.8) is 0 Å². The van der Waals surface area contributed by atoms with E-state index in [-0.39, 0.29) is 36.3 Å². The van der Waals surface area contributed by atoms with E-state index < -0.39 is 4.92 Å². The monoisotopic (exact) mass is 276 g/mol. The minimum absolute atomic E-state index is 0.000867. The third-order valence-corrected chi connectivity index (χ3v) is 3.59. The Balaban J connectivity index is 2.47. The molecule has 2 rings (SSSR count). The summed E-state index contributed by atoms with van der Waals surface area (Å²) in [5.74, 6) is 0.190. The van der Waals surface area contributed by atoms with Crippen molar-refractivity contribution in [1.82, 2.24) is 4.98 Å².